The maximum atomic E-state index is 13.0. The van der Waals surface area contributed by atoms with Gasteiger partial charge in [-0.3, -0.25) is 9.69 Å². The molecule has 1 fully saturated rings. The molecule has 6 heteroatoms. The van der Waals surface area contributed by atoms with Gasteiger partial charge in [0, 0.05) is 37.3 Å². The predicted molar refractivity (Wildman–Crippen MR) is 124 cm³/mol. The molecule has 2 heterocycles. The van der Waals surface area contributed by atoms with Gasteiger partial charge >= 0.3 is 0 Å². The van der Waals surface area contributed by atoms with Gasteiger partial charge < -0.3 is 9.42 Å². The van der Waals surface area contributed by atoms with Crippen LogP contribution in [0.3, 0.4) is 0 Å². The number of fused-ring (bicyclic) bond motifs is 1. The molecule has 0 radical (unpaired) electrons. The third kappa shape index (κ3) is 4.01. The Morgan fingerprint density at radius 1 is 0.938 bits per heavy atom. The van der Waals surface area contributed by atoms with E-state index in [1.165, 1.54) is 5.56 Å². The van der Waals surface area contributed by atoms with Gasteiger partial charge in [-0.2, -0.15) is 4.98 Å². The van der Waals surface area contributed by atoms with Crippen LogP contribution in [0.2, 0.25) is 0 Å². The van der Waals surface area contributed by atoms with Gasteiger partial charge in [0.2, 0.25) is 11.7 Å². The van der Waals surface area contributed by atoms with E-state index in [0.29, 0.717) is 24.8 Å². The van der Waals surface area contributed by atoms with Crippen molar-refractivity contribution in [3.8, 4) is 11.4 Å². The summed E-state index contributed by atoms with van der Waals surface area (Å²) < 4.78 is 5.57. The van der Waals surface area contributed by atoms with Crippen molar-refractivity contribution >= 4 is 16.7 Å². The van der Waals surface area contributed by atoms with Crippen LogP contribution in [0.25, 0.3) is 22.2 Å². The van der Waals surface area contributed by atoms with Crippen LogP contribution in [0.5, 0.6) is 0 Å². The van der Waals surface area contributed by atoms with Crippen LogP contribution < -0.4 is 0 Å². The molecule has 1 aromatic heterocycles. The Morgan fingerprint density at radius 3 is 2.41 bits per heavy atom. The highest BCUT2D eigenvalue weighted by molar-refractivity contribution is 5.98. The molecule has 1 aliphatic heterocycles. The third-order valence-electron chi connectivity index (χ3n) is 6.25. The smallest absolute Gasteiger partial charge is 0.253 e. The highest BCUT2D eigenvalue weighted by Gasteiger charge is 2.28. The molecule has 1 atom stereocenters. The van der Waals surface area contributed by atoms with Crippen molar-refractivity contribution in [2.24, 2.45) is 0 Å². The molecule has 32 heavy (non-hydrogen) atoms. The van der Waals surface area contributed by atoms with E-state index < -0.39 is 0 Å². The Balaban J connectivity index is 1.23. The van der Waals surface area contributed by atoms with Crippen LogP contribution in [-0.2, 0) is 0 Å². The zero-order valence-electron chi connectivity index (χ0n) is 18.4. The first-order valence-electron chi connectivity index (χ1n) is 11.0. The molecule has 162 valence electrons. The van der Waals surface area contributed by atoms with E-state index in [1.54, 1.807) is 0 Å². The molecule has 1 unspecified atom stereocenters. The molecule has 6 nitrogen and oxygen atoms in total. The summed E-state index contributed by atoms with van der Waals surface area (Å²) in [6.07, 6.45) is 0. The summed E-state index contributed by atoms with van der Waals surface area (Å²) in [4.78, 5) is 21.9. The summed E-state index contributed by atoms with van der Waals surface area (Å²) in [5, 5.41) is 6.40. The molecule has 1 aliphatic rings. The number of amides is 1. The van der Waals surface area contributed by atoms with E-state index >= 15 is 0 Å². The summed E-state index contributed by atoms with van der Waals surface area (Å²) in [5.74, 6) is 1.30. The molecule has 0 aliphatic carbocycles. The summed E-state index contributed by atoms with van der Waals surface area (Å²) in [5.41, 5.74) is 2.88. The first-order valence-corrected chi connectivity index (χ1v) is 11.0. The topological polar surface area (TPSA) is 62.5 Å². The Labute approximate surface area is 187 Å². The van der Waals surface area contributed by atoms with E-state index in [1.807, 2.05) is 65.6 Å². The van der Waals surface area contributed by atoms with E-state index in [9.17, 15) is 4.79 Å². The Kier molecular flexibility index (Phi) is 5.45. The van der Waals surface area contributed by atoms with Gasteiger partial charge in [-0.05, 0) is 36.8 Å². The van der Waals surface area contributed by atoms with Crippen molar-refractivity contribution in [2.75, 3.05) is 26.2 Å². The van der Waals surface area contributed by atoms with Gasteiger partial charge in [0.1, 0.15) is 0 Å². The second-order valence-electron chi connectivity index (χ2n) is 8.39. The summed E-state index contributed by atoms with van der Waals surface area (Å²) >= 11 is 0. The number of hydrogen-bond donors (Lipinski definition) is 0. The van der Waals surface area contributed by atoms with E-state index in [0.717, 1.165) is 35.0 Å². The second kappa shape index (κ2) is 8.55. The monoisotopic (exact) mass is 426 g/mol. The van der Waals surface area contributed by atoms with Crippen molar-refractivity contribution in [3.63, 3.8) is 0 Å². The van der Waals surface area contributed by atoms with Gasteiger partial charge in [0.15, 0.2) is 0 Å². The highest BCUT2D eigenvalue weighted by Crippen LogP contribution is 2.24. The lowest BCUT2D eigenvalue weighted by Crippen LogP contribution is -2.49. The van der Waals surface area contributed by atoms with Gasteiger partial charge in [0.05, 0.1) is 6.04 Å². The van der Waals surface area contributed by atoms with Crippen molar-refractivity contribution in [3.05, 3.63) is 83.7 Å². The second-order valence-corrected chi connectivity index (χ2v) is 8.39. The fraction of sp³-hybridized carbons (Fsp3) is 0.269. The minimum Gasteiger partial charge on any atom is -0.337 e. The lowest BCUT2D eigenvalue weighted by molar-refractivity contribution is 0.0552. The summed E-state index contributed by atoms with van der Waals surface area (Å²) in [7, 11) is 0. The molecule has 4 aromatic rings. The number of rotatable bonds is 4. The van der Waals surface area contributed by atoms with Crippen molar-refractivity contribution in [2.45, 2.75) is 19.9 Å². The number of nitrogens with zero attached hydrogens (tertiary/aromatic N) is 4. The van der Waals surface area contributed by atoms with Crippen molar-refractivity contribution < 1.29 is 9.32 Å². The number of benzene rings is 3. The Morgan fingerprint density at radius 2 is 1.66 bits per heavy atom. The molecule has 1 amide bonds. The molecule has 1 saturated heterocycles. The standard InChI is InChI=1S/C26H26N4O2/c1-18-7-9-21(10-8-18)24-27-25(32-28-24)19(2)29-13-15-30(16-14-29)26(31)23-12-11-20-5-3-4-6-22(20)17-23/h3-12,17,19H,13-16H2,1-2H3. The Bertz CT molecular complexity index is 1240. The lowest BCUT2D eigenvalue weighted by atomic mass is 10.1. The van der Waals surface area contributed by atoms with Gasteiger partial charge in [-0.1, -0.05) is 65.3 Å². The molecule has 3 aromatic carbocycles. The maximum Gasteiger partial charge on any atom is 0.253 e. The molecule has 0 spiro atoms. The first-order chi connectivity index (χ1) is 15.6. The van der Waals surface area contributed by atoms with Crippen molar-refractivity contribution in [1.29, 1.82) is 0 Å². The highest BCUT2D eigenvalue weighted by atomic mass is 16.5. The summed E-state index contributed by atoms with van der Waals surface area (Å²) in [6.45, 7) is 7.01. The van der Waals surface area contributed by atoms with Crippen LogP contribution in [-0.4, -0.2) is 52.0 Å². The molecule has 0 saturated carbocycles. The zero-order valence-corrected chi connectivity index (χ0v) is 18.4. The third-order valence-corrected chi connectivity index (χ3v) is 6.25. The molecule has 0 bridgehead atoms. The van der Waals surface area contributed by atoms with Crippen LogP contribution in [0.1, 0.15) is 34.8 Å². The van der Waals surface area contributed by atoms with Crippen LogP contribution >= 0.6 is 0 Å². The van der Waals surface area contributed by atoms with Gasteiger partial charge in [-0.15, -0.1) is 0 Å². The minimum absolute atomic E-state index is 0.000353. The van der Waals surface area contributed by atoms with E-state index in [4.69, 9.17) is 4.52 Å². The van der Waals surface area contributed by atoms with Gasteiger partial charge in [-0.25, -0.2) is 0 Å². The number of aryl methyl sites for hydroxylation is 1. The van der Waals surface area contributed by atoms with Crippen molar-refractivity contribution in [1.82, 2.24) is 19.9 Å². The van der Waals surface area contributed by atoms with E-state index in [-0.39, 0.29) is 11.9 Å². The fourth-order valence-electron chi connectivity index (χ4n) is 4.20. The average molecular weight is 427 g/mol. The van der Waals surface area contributed by atoms with E-state index in [2.05, 4.69) is 35.0 Å². The predicted octanol–water partition coefficient (Wildman–Crippen LogP) is 4.72. The number of hydrogen-bond acceptors (Lipinski definition) is 5. The number of aromatic nitrogens is 2. The normalized spacial score (nSPS) is 15.8. The SMILES string of the molecule is Cc1ccc(-c2noc(C(C)N3CCN(C(=O)c4ccc5ccccc5c4)CC3)n2)cc1. The molecular weight excluding hydrogens is 400 g/mol. The number of carbonyl (C=O) groups is 1. The van der Waals surface area contributed by atoms with Crippen LogP contribution in [0.4, 0.5) is 0 Å². The minimum atomic E-state index is -0.000353. The average Bonchev–Trinajstić information content (AvgIpc) is 3.34. The number of carbonyl (C=O) groups excluding carboxylic acids is 1. The van der Waals surface area contributed by atoms with Crippen LogP contribution in [0.15, 0.2) is 71.3 Å². The lowest BCUT2D eigenvalue weighted by Gasteiger charge is -2.36. The van der Waals surface area contributed by atoms with Gasteiger partial charge in [0.25, 0.3) is 5.91 Å². The largest absolute Gasteiger partial charge is 0.337 e. The van der Waals surface area contributed by atoms with Crippen LogP contribution in [0, 0.1) is 6.92 Å². The molecule has 5 rings (SSSR count). The Hall–Kier alpha value is -3.51. The number of piperazine rings is 1. The fourth-order valence-corrected chi connectivity index (χ4v) is 4.20. The quantitative estimate of drug-likeness (QED) is 0.473. The summed E-state index contributed by atoms with van der Waals surface area (Å²) in [6, 6.07) is 22.1. The maximum absolute atomic E-state index is 13.0. The molecular formula is C26H26N4O2. The zero-order chi connectivity index (χ0) is 22.1. The molecule has 0 N–H and O–H groups in total. The first kappa shape index (κ1) is 20.4.